The molecule has 1 aliphatic heterocycles. The summed E-state index contributed by atoms with van der Waals surface area (Å²) in [5.41, 5.74) is 4.64. The molecule has 2 aromatic heterocycles. The van der Waals surface area contributed by atoms with Gasteiger partial charge in [-0.25, -0.2) is 9.07 Å². The Labute approximate surface area is 201 Å². The van der Waals surface area contributed by atoms with Crippen molar-refractivity contribution in [2.45, 2.75) is 13.0 Å². The molecule has 1 aliphatic rings. The predicted octanol–water partition coefficient (Wildman–Crippen LogP) is 4.31. The fourth-order valence-corrected chi connectivity index (χ4v) is 3.94. The number of para-hydroxylation sites is 1. The van der Waals surface area contributed by atoms with Crippen molar-refractivity contribution in [3.8, 4) is 22.7 Å². The zero-order valence-electron chi connectivity index (χ0n) is 18.9. The minimum atomic E-state index is -0.350. The first kappa shape index (κ1) is 22.5. The second-order valence-corrected chi connectivity index (χ2v) is 7.99. The van der Waals surface area contributed by atoms with Gasteiger partial charge in [0.05, 0.1) is 12.3 Å². The van der Waals surface area contributed by atoms with Crippen LogP contribution in [0.25, 0.3) is 23.0 Å². The lowest BCUT2D eigenvalue weighted by Gasteiger charge is -2.20. The van der Waals surface area contributed by atoms with E-state index in [1.54, 1.807) is 23.2 Å². The fraction of sp³-hybridized carbons (Fsp3) is 0.148. The maximum atomic E-state index is 13.9. The van der Waals surface area contributed by atoms with Gasteiger partial charge in [0.1, 0.15) is 17.3 Å². The van der Waals surface area contributed by atoms with Gasteiger partial charge < -0.3 is 14.8 Å². The zero-order valence-corrected chi connectivity index (χ0v) is 18.9. The highest BCUT2D eigenvalue weighted by Gasteiger charge is 2.17. The normalized spacial score (nSPS) is 12.8. The van der Waals surface area contributed by atoms with Crippen LogP contribution in [0.4, 0.5) is 4.39 Å². The summed E-state index contributed by atoms with van der Waals surface area (Å²) in [5, 5.41) is 7.56. The lowest BCUT2D eigenvalue weighted by atomic mass is 10.1. The molecule has 0 radical (unpaired) electrons. The first-order valence-electron chi connectivity index (χ1n) is 11.2. The Kier molecular flexibility index (Phi) is 6.63. The maximum Gasteiger partial charge on any atom is 0.244 e. The molecule has 1 amide bonds. The maximum absolute atomic E-state index is 13.9. The number of aromatic nitrogens is 3. The number of ether oxygens (including phenoxy) is 2. The van der Waals surface area contributed by atoms with Gasteiger partial charge >= 0.3 is 0 Å². The average molecular weight is 471 g/mol. The third-order valence-corrected chi connectivity index (χ3v) is 5.56. The van der Waals surface area contributed by atoms with Crippen molar-refractivity contribution in [2.75, 3.05) is 13.3 Å². The van der Waals surface area contributed by atoms with Crippen molar-refractivity contribution in [2.24, 2.45) is 0 Å². The minimum absolute atomic E-state index is 0.136. The number of rotatable bonds is 7. The molecule has 7 nitrogen and oxygen atoms in total. The molecule has 0 spiro atoms. The van der Waals surface area contributed by atoms with Crippen LogP contribution in [-0.4, -0.2) is 34.0 Å². The van der Waals surface area contributed by atoms with Gasteiger partial charge in [0.2, 0.25) is 5.91 Å². The lowest BCUT2D eigenvalue weighted by Crippen LogP contribution is -2.24. The monoisotopic (exact) mass is 470 g/mol. The van der Waals surface area contributed by atoms with Crippen LogP contribution >= 0.6 is 0 Å². The number of nitrogens with one attached hydrogen (secondary N) is 1. The number of hydrogen-bond donors (Lipinski definition) is 1. The number of amides is 1. The van der Waals surface area contributed by atoms with Crippen molar-refractivity contribution < 1.29 is 18.7 Å². The van der Waals surface area contributed by atoms with Crippen LogP contribution in [0.5, 0.6) is 5.75 Å². The SMILES string of the molecule is O=C(C=Cc1cn(-c2ccccc2)nc1-c1cccnc1)NCCc1cc(F)cc2c1OCOC2. The second kappa shape index (κ2) is 10.3. The van der Waals surface area contributed by atoms with Crippen LogP contribution < -0.4 is 10.1 Å². The first-order chi connectivity index (χ1) is 17.2. The molecule has 3 heterocycles. The zero-order chi connectivity index (χ0) is 24.0. The summed E-state index contributed by atoms with van der Waals surface area (Å²) in [4.78, 5) is 16.7. The second-order valence-electron chi connectivity index (χ2n) is 7.99. The summed E-state index contributed by atoms with van der Waals surface area (Å²) >= 11 is 0. The number of halogens is 1. The topological polar surface area (TPSA) is 78.3 Å². The number of benzene rings is 2. The smallest absolute Gasteiger partial charge is 0.244 e. The molecule has 4 aromatic rings. The van der Waals surface area contributed by atoms with Gasteiger partial charge in [-0.3, -0.25) is 9.78 Å². The van der Waals surface area contributed by atoms with Gasteiger partial charge in [0, 0.05) is 47.9 Å². The van der Waals surface area contributed by atoms with E-state index in [0.717, 1.165) is 22.5 Å². The molecular formula is C27H23FN4O3. The van der Waals surface area contributed by atoms with Crippen molar-refractivity contribution in [3.63, 3.8) is 0 Å². The van der Waals surface area contributed by atoms with Gasteiger partial charge in [-0.15, -0.1) is 0 Å². The molecule has 0 saturated carbocycles. The van der Waals surface area contributed by atoms with Gasteiger partial charge in [0.25, 0.3) is 0 Å². The van der Waals surface area contributed by atoms with Crippen molar-refractivity contribution in [1.29, 1.82) is 0 Å². The van der Waals surface area contributed by atoms with Gasteiger partial charge in [0.15, 0.2) is 6.79 Å². The molecule has 2 aromatic carbocycles. The van der Waals surface area contributed by atoms with E-state index in [2.05, 4.69) is 10.3 Å². The Morgan fingerprint density at radius 3 is 2.89 bits per heavy atom. The number of pyridine rings is 1. The molecule has 0 fully saturated rings. The van der Waals surface area contributed by atoms with Gasteiger partial charge in [-0.05, 0) is 54.5 Å². The molecule has 8 heteroatoms. The first-order valence-corrected chi connectivity index (χ1v) is 11.2. The Balaban J connectivity index is 1.29. The summed E-state index contributed by atoms with van der Waals surface area (Å²) in [5.74, 6) is 0.0263. The van der Waals surface area contributed by atoms with Gasteiger partial charge in [-0.2, -0.15) is 5.10 Å². The summed E-state index contributed by atoms with van der Waals surface area (Å²) < 4.78 is 26.5. The van der Waals surface area contributed by atoms with Crippen molar-refractivity contribution in [3.05, 3.63) is 102 Å². The standard InChI is InChI=1S/C27H23FN4O3/c28-23-13-19(27-22(14-23)17-34-18-35-27)10-12-30-25(33)9-8-21-16-32(24-6-2-1-3-7-24)31-26(21)20-5-4-11-29-15-20/h1-9,11,13-16H,10,12,17-18H2,(H,30,33). The predicted molar refractivity (Wildman–Crippen MR) is 129 cm³/mol. The Hall–Kier alpha value is -4.30. The van der Waals surface area contributed by atoms with Crippen LogP contribution in [0.15, 0.2) is 79.3 Å². The highest BCUT2D eigenvalue weighted by atomic mass is 19.1. The quantitative estimate of drug-likeness (QED) is 0.407. The highest BCUT2D eigenvalue weighted by molar-refractivity contribution is 5.92. The molecule has 176 valence electrons. The molecule has 1 N–H and O–H groups in total. The molecule has 0 aliphatic carbocycles. The summed E-state index contributed by atoms with van der Waals surface area (Å²) in [6.07, 6.45) is 8.95. The number of fused-ring (bicyclic) bond motifs is 1. The summed E-state index contributed by atoms with van der Waals surface area (Å²) in [6, 6.07) is 16.4. The summed E-state index contributed by atoms with van der Waals surface area (Å²) in [7, 11) is 0. The largest absolute Gasteiger partial charge is 0.467 e. The number of carbonyl (C=O) groups excluding carboxylic acids is 1. The number of carbonyl (C=O) groups is 1. The fourth-order valence-electron chi connectivity index (χ4n) is 3.94. The van der Waals surface area contributed by atoms with E-state index in [0.29, 0.717) is 36.4 Å². The molecule has 0 atom stereocenters. The lowest BCUT2D eigenvalue weighted by molar-refractivity contribution is -0.116. The van der Waals surface area contributed by atoms with Crippen molar-refractivity contribution in [1.82, 2.24) is 20.1 Å². The highest BCUT2D eigenvalue weighted by Crippen LogP contribution is 2.29. The number of nitrogens with zero attached hydrogens (tertiary/aromatic N) is 3. The van der Waals surface area contributed by atoms with Crippen LogP contribution in [0.1, 0.15) is 16.7 Å². The van der Waals surface area contributed by atoms with Gasteiger partial charge in [-0.1, -0.05) is 18.2 Å². The van der Waals surface area contributed by atoms with Crippen LogP contribution in [0.2, 0.25) is 0 Å². The number of hydrogen-bond acceptors (Lipinski definition) is 5. The molecule has 0 bridgehead atoms. The van der Waals surface area contributed by atoms with Crippen LogP contribution in [-0.2, 0) is 22.6 Å². The molecule has 0 unspecified atom stereocenters. The van der Waals surface area contributed by atoms with Crippen LogP contribution in [0.3, 0.4) is 0 Å². The van der Waals surface area contributed by atoms with E-state index in [1.165, 1.54) is 18.2 Å². The Morgan fingerprint density at radius 1 is 1.17 bits per heavy atom. The Morgan fingerprint density at radius 2 is 2.06 bits per heavy atom. The average Bonchev–Trinajstić information content (AvgIpc) is 3.33. The van der Waals surface area contributed by atoms with Crippen molar-refractivity contribution >= 4 is 12.0 Å². The molecule has 0 saturated heterocycles. The van der Waals surface area contributed by atoms with E-state index in [9.17, 15) is 9.18 Å². The van der Waals surface area contributed by atoms with E-state index >= 15 is 0 Å². The molecule has 5 rings (SSSR count). The third kappa shape index (κ3) is 5.28. The Bertz CT molecular complexity index is 1350. The minimum Gasteiger partial charge on any atom is -0.467 e. The summed E-state index contributed by atoms with van der Waals surface area (Å²) in [6.45, 7) is 0.782. The van der Waals surface area contributed by atoms with E-state index < -0.39 is 0 Å². The molecular weight excluding hydrogens is 447 g/mol. The van der Waals surface area contributed by atoms with E-state index in [-0.39, 0.29) is 18.5 Å². The third-order valence-electron chi connectivity index (χ3n) is 5.56. The molecule has 35 heavy (non-hydrogen) atoms. The van der Waals surface area contributed by atoms with Crippen LogP contribution in [0, 0.1) is 5.82 Å². The van der Waals surface area contributed by atoms with E-state index in [1.807, 2.05) is 48.7 Å². The van der Waals surface area contributed by atoms with E-state index in [4.69, 9.17) is 14.6 Å².